The number of fused-ring (bicyclic) bond motifs is 1. The number of hydrogen-bond acceptors (Lipinski definition) is 5. The van der Waals surface area contributed by atoms with Crippen molar-refractivity contribution < 1.29 is 9.15 Å². The molecule has 1 aliphatic rings. The Balaban J connectivity index is 1.49. The average Bonchev–Trinajstić information content (AvgIpc) is 2.84. The van der Waals surface area contributed by atoms with Crippen molar-refractivity contribution in [3.8, 4) is 0 Å². The highest BCUT2D eigenvalue weighted by Gasteiger charge is 2.36. The van der Waals surface area contributed by atoms with E-state index in [1.165, 1.54) is 12.0 Å². The van der Waals surface area contributed by atoms with Crippen molar-refractivity contribution in [2.24, 2.45) is 11.1 Å². The van der Waals surface area contributed by atoms with Gasteiger partial charge in [-0.25, -0.2) is 4.98 Å². The first-order chi connectivity index (χ1) is 9.31. The first-order valence-corrected chi connectivity index (χ1v) is 6.62. The monoisotopic (exact) mass is 261 g/mol. The van der Waals surface area contributed by atoms with Crippen molar-refractivity contribution in [2.75, 3.05) is 32.8 Å². The van der Waals surface area contributed by atoms with E-state index in [4.69, 9.17) is 14.9 Å². The molecule has 5 nitrogen and oxygen atoms in total. The average molecular weight is 261 g/mol. The molecule has 0 saturated carbocycles. The van der Waals surface area contributed by atoms with Gasteiger partial charge in [-0.2, -0.15) is 0 Å². The largest absolute Gasteiger partial charge is 0.443 e. The Bertz CT molecular complexity index is 543. The van der Waals surface area contributed by atoms with Gasteiger partial charge in [-0.3, -0.25) is 0 Å². The van der Waals surface area contributed by atoms with Gasteiger partial charge in [0, 0.05) is 18.5 Å². The minimum Gasteiger partial charge on any atom is -0.443 e. The summed E-state index contributed by atoms with van der Waals surface area (Å²) in [5.74, 6) is 0. The molecule has 3 N–H and O–H groups in total. The van der Waals surface area contributed by atoms with E-state index in [2.05, 4.69) is 22.4 Å². The summed E-state index contributed by atoms with van der Waals surface area (Å²) < 4.78 is 10.5. The van der Waals surface area contributed by atoms with Crippen LogP contribution in [0, 0.1) is 5.41 Å². The maximum Gasteiger partial charge on any atom is 0.181 e. The number of nitrogens with zero attached hydrogens (tertiary/aromatic N) is 1. The van der Waals surface area contributed by atoms with Gasteiger partial charge in [-0.15, -0.1) is 0 Å². The van der Waals surface area contributed by atoms with Crippen LogP contribution in [-0.2, 0) is 11.2 Å². The summed E-state index contributed by atoms with van der Waals surface area (Å²) in [6, 6.07) is 6.14. The van der Waals surface area contributed by atoms with Gasteiger partial charge in [0.1, 0.15) is 5.52 Å². The Morgan fingerprint density at radius 3 is 3.00 bits per heavy atom. The maximum atomic E-state index is 5.77. The van der Waals surface area contributed by atoms with E-state index >= 15 is 0 Å². The number of nitrogens with one attached hydrogen (secondary N) is 1. The molecule has 1 aromatic heterocycles. The fraction of sp³-hybridized carbons (Fsp3) is 0.500. The molecule has 1 fully saturated rings. The fourth-order valence-electron chi connectivity index (χ4n) is 2.32. The molecule has 0 unspecified atom stereocenters. The molecule has 0 amide bonds. The number of ether oxygens (including phenoxy) is 1. The molecule has 3 rings (SSSR count). The molecule has 0 spiro atoms. The second-order valence-corrected chi connectivity index (χ2v) is 5.28. The number of benzene rings is 1. The van der Waals surface area contributed by atoms with Gasteiger partial charge in [-0.05, 0) is 30.7 Å². The van der Waals surface area contributed by atoms with Gasteiger partial charge in [0.05, 0.1) is 13.2 Å². The van der Waals surface area contributed by atoms with Crippen LogP contribution in [0.3, 0.4) is 0 Å². The van der Waals surface area contributed by atoms with Gasteiger partial charge in [-0.1, -0.05) is 6.07 Å². The van der Waals surface area contributed by atoms with Crippen molar-refractivity contribution in [3.63, 3.8) is 0 Å². The summed E-state index contributed by atoms with van der Waals surface area (Å²) >= 11 is 0. The summed E-state index contributed by atoms with van der Waals surface area (Å²) in [5, 5.41) is 3.46. The third-order valence-corrected chi connectivity index (χ3v) is 3.74. The number of aromatic nitrogens is 1. The SMILES string of the molecule is NCC1(CNCCc2ccc3ncoc3c2)COC1. The lowest BCUT2D eigenvalue weighted by molar-refractivity contribution is -0.104. The van der Waals surface area contributed by atoms with Gasteiger partial charge in [0.25, 0.3) is 0 Å². The van der Waals surface area contributed by atoms with Crippen molar-refractivity contribution in [1.29, 1.82) is 0 Å². The summed E-state index contributed by atoms with van der Waals surface area (Å²) in [6.07, 6.45) is 2.45. The van der Waals surface area contributed by atoms with Gasteiger partial charge >= 0.3 is 0 Å². The maximum absolute atomic E-state index is 5.77. The van der Waals surface area contributed by atoms with Crippen LogP contribution < -0.4 is 11.1 Å². The van der Waals surface area contributed by atoms with E-state index in [1.807, 2.05) is 6.07 Å². The predicted molar refractivity (Wildman–Crippen MR) is 72.9 cm³/mol. The molecule has 0 atom stereocenters. The molecule has 0 bridgehead atoms. The number of nitrogens with two attached hydrogens (primary N) is 1. The smallest absolute Gasteiger partial charge is 0.181 e. The second-order valence-electron chi connectivity index (χ2n) is 5.28. The molecule has 1 aliphatic heterocycles. The molecule has 1 aromatic carbocycles. The topological polar surface area (TPSA) is 73.3 Å². The summed E-state index contributed by atoms with van der Waals surface area (Å²) in [7, 11) is 0. The lowest BCUT2D eigenvalue weighted by Gasteiger charge is -2.40. The third kappa shape index (κ3) is 2.63. The minimum absolute atomic E-state index is 0.162. The van der Waals surface area contributed by atoms with Crippen LogP contribution in [-0.4, -0.2) is 37.8 Å². The molecule has 0 aliphatic carbocycles. The van der Waals surface area contributed by atoms with E-state index < -0.39 is 0 Å². The van der Waals surface area contributed by atoms with E-state index in [0.717, 1.165) is 43.8 Å². The van der Waals surface area contributed by atoms with E-state index in [-0.39, 0.29) is 5.41 Å². The van der Waals surface area contributed by atoms with Gasteiger partial charge < -0.3 is 20.2 Å². The highest BCUT2D eigenvalue weighted by atomic mass is 16.5. The van der Waals surface area contributed by atoms with Crippen LogP contribution in [0.15, 0.2) is 29.0 Å². The van der Waals surface area contributed by atoms with Gasteiger partial charge in [0.15, 0.2) is 12.0 Å². The zero-order valence-corrected chi connectivity index (χ0v) is 10.9. The number of rotatable bonds is 6. The molecule has 0 radical (unpaired) electrons. The lowest BCUT2D eigenvalue weighted by Crippen LogP contribution is -2.54. The van der Waals surface area contributed by atoms with Crippen LogP contribution in [0.1, 0.15) is 5.56 Å². The Morgan fingerprint density at radius 2 is 2.26 bits per heavy atom. The highest BCUT2D eigenvalue weighted by molar-refractivity contribution is 5.72. The predicted octanol–water partition coefficient (Wildman–Crippen LogP) is 0.935. The first kappa shape index (κ1) is 12.6. The van der Waals surface area contributed by atoms with Crippen molar-refractivity contribution in [2.45, 2.75) is 6.42 Å². The molecular formula is C14H19N3O2. The molecule has 5 heteroatoms. The molecule has 2 heterocycles. The van der Waals surface area contributed by atoms with Crippen molar-refractivity contribution in [1.82, 2.24) is 10.3 Å². The van der Waals surface area contributed by atoms with Crippen molar-refractivity contribution in [3.05, 3.63) is 30.2 Å². The quantitative estimate of drug-likeness (QED) is 0.757. The first-order valence-electron chi connectivity index (χ1n) is 6.62. The molecule has 19 heavy (non-hydrogen) atoms. The molecular weight excluding hydrogens is 242 g/mol. The third-order valence-electron chi connectivity index (χ3n) is 3.74. The summed E-state index contributed by atoms with van der Waals surface area (Å²) in [6.45, 7) is 4.10. The summed E-state index contributed by atoms with van der Waals surface area (Å²) in [4.78, 5) is 4.11. The molecule has 2 aromatic rings. The van der Waals surface area contributed by atoms with Crippen LogP contribution >= 0.6 is 0 Å². The van der Waals surface area contributed by atoms with Crippen LogP contribution in [0.2, 0.25) is 0 Å². The number of hydrogen-bond donors (Lipinski definition) is 2. The second kappa shape index (κ2) is 5.28. The molecule has 1 saturated heterocycles. The highest BCUT2D eigenvalue weighted by Crippen LogP contribution is 2.24. The fourth-order valence-corrected chi connectivity index (χ4v) is 2.32. The van der Waals surface area contributed by atoms with Crippen LogP contribution in [0.5, 0.6) is 0 Å². The Morgan fingerprint density at radius 1 is 1.37 bits per heavy atom. The zero-order chi connectivity index (χ0) is 13.1. The van der Waals surface area contributed by atoms with E-state index in [1.54, 1.807) is 0 Å². The van der Waals surface area contributed by atoms with Crippen LogP contribution in [0.4, 0.5) is 0 Å². The summed E-state index contributed by atoms with van der Waals surface area (Å²) in [5.41, 5.74) is 8.95. The molecule has 102 valence electrons. The Kier molecular flexibility index (Phi) is 3.50. The van der Waals surface area contributed by atoms with Crippen LogP contribution in [0.25, 0.3) is 11.1 Å². The van der Waals surface area contributed by atoms with Crippen molar-refractivity contribution >= 4 is 11.1 Å². The Hall–Kier alpha value is -1.43. The number of oxazole rings is 1. The zero-order valence-electron chi connectivity index (χ0n) is 10.9. The van der Waals surface area contributed by atoms with E-state index in [0.29, 0.717) is 6.54 Å². The normalized spacial score (nSPS) is 17.5. The lowest BCUT2D eigenvalue weighted by atomic mass is 9.86. The Labute approximate surface area is 112 Å². The van der Waals surface area contributed by atoms with Gasteiger partial charge in [0.2, 0.25) is 0 Å². The minimum atomic E-state index is 0.162. The standard InChI is InChI=1S/C14H19N3O2/c15-6-14(8-18-9-14)7-16-4-3-11-1-2-12-13(5-11)19-10-17-12/h1-2,5,10,16H,3-4,6-9,15H2. The van der Waals surface area contributed by atoms with E-state index in [9.17, 15) is 0 Å².